The standard InChI is InChI=1S/C27H20Cl2N4O4S/c1-37-21-10-8-20(9-11-21)32-38(35,36)24-14-17(6-12-23(24)29)27(34)31-26-22-5-3-2-4-18(22)15-33-16-19(28)7-13-25(33)30-26/h2-14,16,32H,15H2,1H3. The number of carbonyl (C=O) groups excluding carboxylic acids is 1. The van der Waals surface area contributed by atoms with Gasteiger partial charge in [0.1, 0.15) is 16.5 Å². The third-order valence-corrected chi connectivity index (χ3v) is 7.89. The van der Waals surface area contributed by atoms with Gasteiger partial charge in [0, 0.05) is 29.6 Å². The molecule has 0 bridgehead atoms. The molecule has 0 fully saturated rings. The minimum absolute atomic E-state index is 0.0397. The zero-order chi connectivity index (χ0) is 26.9. The molecule has 3 aromatic rings. The van der Waals surface area contributed by atoms with Gasteiger partial charge < -0.3 is 9.64 Å². The molecule has 8 nitrogen and oxygen atoms in total. The molecule has 1 N–H and O–H groups in total. The Bertz CT molecular complexity index is 1660. The van der Waals surface area contributed by atoms with Crippen LogP contribution in [0.3, 0.4) is 0 Å². The van der Waals surface area contributed by atoms with Gasteiger partial charge in [0.05, 0.1) is 17.2 Å². The van der Waals surface area contributed by atoms with Gasteiger partial charge in [-0.3, -0.25) is 9.52 Å². The summed E-state index contributed by atoms with van der Waals surface area (Å²) in [6.45, 7) is 0.489. The summed E-state index contributed by atoms with van der Waals surface area (Å²) in [7, 11) is -2.60. The van der Waals surface area contributed by atoms with E-state index in [1.807, 2.05) is 29.2 Å². The number of hydrogen-bond donors (Lipinski definition) is 1. The van der Waals surface area contributed by atoms with Crippen molar-refractivity contribution < 1.29 is 17.9 Å². The number of carbonyl (C=O) groups is 1. The third-order valence-electron chi connectivity index (χ3n) is 5.80. The van der Waals surface area contributed by atoms with Crippen LogP contribution in [0.4, 0.5) is 5.69 Å². The average Bonchev–Trinajstić information content (AvgIpc) is 3.05. The summed E-state index contributed by atoms with van der Waals surface area (Å²) in [4.78, 5) is 23.8. The van der Waals surface area contributed by atoms with Gasteiger partial charge in [-0.25, -0.2) is 13.4 Å². The van der Waals surface area contributed by atoms with Crippen molar-refractivity contribution in [2.24, 2.45) is 9.98 Å². The molecule has 2 heterocycles. The Kier molecular flexibility index (Phi) is 7.07. The SMILES string of the molecule is COc1ccc(NS(=O)(=O)c2cc(C(=O)N=C3N=C4C=CC(Cl)=CN4Cc4ccccc43)ccc2Cl)cc1. The summed E-state index contributed by atoms with van der Waals surface area (Å²) in [6.07, 6.45) is 5.21. The van der Waals surface area contributed by atoms with Crippen molar-refractivity contribution in [3.05, 3.63) is 112 Å². The van der Waals surface area contributed by atoms with Gasteiger partial charge >= 0.3 is 0 Å². The fourth-order valence-corrected chi connectivity index (χ4v) is 5.69. The number of amidine groups is 2. The van der Waals surface area contributed by atoms with Crippen molar-refractivity contribution >= 4 is 56.5 Å². The van der Waals surface area contributed by atoms with Crippen LogP contribution in [-0.4, -0.2) is 38.0 Å². The molecule has 11 heteroatoms. The van der Waals surface area contributed by atoms with Gasteiger partial charge in [0.15, 0.2) is 5.84 Å². The highest BCUT2D eigenvalue weighted by Crippen LogP contribution is 2.27. The zero-order valence-electron chi connectivity index (χ0n) is 19.9. The zero-order valence-corrected chi connectivity index (χ0v) is 22.3. The molecule has 2 aliphatic heterocycles. The smallest absolute Gasteiger partial charge is 0.279 e. The summed E-state index contributed by atoms with van der Waals surface area (Å²) >= 11 is 12.4. The Morgan fingerprint density at radius 1 is 1.05 bits per heavy atom. The highest BCUT2D eigenvalue weighted by molar-refractivity contribution is 7.92. The maximum Gasteiger partial charge on any atom is 0.279 e. The number of ether oxygens (including phenoxy) is 1. The molecule has 0 aliphatic carbocycles. The molecule has 5 rings (SSSR count). The molecular formula is C27H20Cl2N4O4S. The Morgan fingerprint density at radius 2 is 1.82 bits per heavy atom. The molecule has 0 radical (unpaired) electrons. The first-order chi connectivity index (χ1) is 18.2. The number of methoxy groups -OCH3 is 1. The minimum Gasteiger partial charge on any atom is -0.497 e. The number of allylic oxidation sites excluding steroid dienone is 2. The van der Waals surface area contributed by atoms with Crippen LogP contribution in [0.2, 0.25) is 5.02 Å². The monoisotopic (exact) mass is 566 g/mol. The first-order valence-corrected chi connectivity index (χ1v) is 13.6. The van der Waals surface area contributed by atoms with Crippen molar-refractivity contribution in [1.29, 1.82) is 0 Å². The number of fused-ring (bicyclic) bond motifs is 2. The van der Waals surface area contributed by atoms with E-state index in [0.717, 1.165) is 5.56 Å². The highest BCUT2D eigenvalue weighted by atomic mass is 35.5. The summed E-state index contributed by atoms with van der Waals surface area (Å²) in [5, 5.41) is 0.512. The van der Waals surface area contributed by atoms with Crippen molar-refractivity contribution in [3.8, 4) is 5.75 Å². The molecule has 0 saturated carbocycles. The molecular weight excluding hydrogens is 547 g/mol. The topological polar surface area (TPSA) is 100 Å². The lowest BCUT2D eigenvalue weighted by molar-refractivity contribution is 0.100. The Labute approximate surface area is 229 Å². The van der Waals surface area contributed by atoms with Crippen LogP contribution in [0.25, 0.3) is 0 Å². The highest BCUT2D eigenvalue weighted by Gasteiger charge is 2.24. The molecule has 0 spiro atoms. The summed E-state index contributed by atoms with van der Waals surface area (Å²) in [5.74, 6) is 0.681. The molecule has 0 aromatic heterocycles. The van der Waals surface area contributed by atoms with Gasteiger partial charge in [-0.1, -0.05) is 47.5 Å². The Balaban J connectivity index is 1.50. The molecule has 0 atom stereocenters. The molecule has 3 aromatic carbocycles. The van der Waals surface area contributed by atoms with E-state index in [1.165, 1.54) is 25.3 Å². The lowest BCUT2D eigenvalue weighted by Gasteiger charge is -2.21. The minimum atomic E-state index is -4.11. The number of nitrogens with zero attached hydrogens (tertiary/aromatic N) is 3. The lowest BCUT2D eigenvalue weighted by atomic mass is 10.1. The molecule has 0 saturated heterocycles. The van der Waals surface area contributed by atoms with Gasteiger partial charge in [0.25, 0.3) is 15.9 Å². The molecule has 192 valence electrons. The fraction of sp³-hybridized carbons (Fsp3) is 0.0741. The maximum absolute atomic E-state index is 13.3. The van der Waals surface area contributed by atoms with E-state index < -0.39 is 15.9 Å². The van der Waals surface area contributed by atoms with Crippen LogP contribution in [0.5, 0.6) is 5.75 Å². The lowest BCUT2D eigenvalue weighted by Crippen LogP contribution is -2.25. The van der Waals surface area contributed by atoms with Crippen molar-refractivity contribution in [1.82, 2.24) is 4.90 Å². The maximum atomic E-state index is 13.3. The van der Waals surface area contributed by atoms with E-state index in [-0.39, 0.29) is 21.3 Å². The largest absolute Gasteiger partial charge is 0.497 e. The van der Waals surface area contributed by atoms with E-state index in [2.05, 4.69) is 14.7 Å². The van der Waals surface area contributed by atoms with E-state index in [9.17, 15) is 13.2 Å². The number of benzene rings is 3. The van der Waals surface area contributed by atoms with Crippen LogP contribution in [0.15, 0.2) is 105 Å². The summed E-state index contributed by atoms with van der Waals surface area (Å²) in [5.41, 5.74) is 1.93. The molecule has 38 heavy (non-hydrogen) atoms. The third kappa shape index (κ3) is 5.35. The fourth-order valence-electron chi connectivity index (χ4n) is 3.92. The number of nitrogens with one attached hydrogen (secondary N) is 1. The second kappa shape index (κ2) is 10.4. The Hall–Kier alpha value is -3.92. The van der Waals surface area contributed by atoms with E-state index in [0.29, 0.717) is 34.4 Å². The number of anilines is 1. The van der Waals surface area contributed by atoms with Gasteiger partial charge in [-0.05, 0) is 60.2 Å². The quantitative estimate of drug-likeness (QED) is 0.433. The predicted molar refractivity (Wildman–Crippen MR) is 149 cm³/mol. The van der Waals surface area contributed by atoms with Crippen LogP contribution in [0, 0.1) is 0 Å². The van der Waals surface area contributed by atoms with Gasteiger partial charge in [0.2, 0.25) is 0 Å². The van der Waals surface area contributed by atoms with E-state index in [1.54, 1.807) is 42.6 Å². The van der Waals surface area contributed by atoms with E-state index >= 15 is 0 Å². The van der Waals surface area contributed by atoms with Gasteiger partial charge in [-0.15, -0.1) is 0 Å². The normalized spacial score (nSPS) is 15.7. The van der Waals surface area contributed by atoms with Crippen LogP contribution in [0.1, 0.15) is 21.5 Å². The van der Waals surface area contributed by atoms with Crippen LogP contribution < -0.4 is 9.46 Å². The first-order valence-electron chi connectivity index (χ1n) is 11.3. The first kappa shape index (κ1) is 25.7. The second-order valence-corrected chi connectivity index (χ2v) is 10.8. The Morgan fingerprint density at radius 3 is 2.58 bits per heavy atom. The number of rotatable bonds is 5. The molecule has 0 unspecified atom stereocenters. The number of hydrogen-bond acceptors (Lipinski definition) is 5. The van der Waals surface area contributed by atoms with Crippen molar-refractivity contribution in [3.63, 3.8) is 0 Å². The molecule has 2 aliphatic rings. The summed E-state index contributed by atoms with van der Waals surface area (Å²) < 4.78 is 33.8. The van der Waals surface area contributed by atoms with Crippen LogP contribution >= 0.6 is 23.2 Å². The number of aliphatic imine (C=N–C) groups is 2. The number of amides is 1. The van der Waals surface area contributed by atoms with Crippen molar-refractivity contribution in [2.45, 2.75) is 11.4 Å². The van der Waals surface area contributed by atoms with Crippen LogP contribution in [-0.2, 0) is 16.6 Å². The molecule has 1 amide bonds. The summed E-state index contributed by atoms with van der Waals surface area (Å²) in [6, 6.07) is 17.8. The number of sulfonamides is 1. The predicted octanol–water partition coefficient (Wildman–Crippen LogP) is 5.60. The van der Waals surface area contributed by atoms with Crippen molar-refractivity contribution in [2.75, 3.05) is 11.8 Å². The van der Waals surface area contributed by atoms with E-state index in [4.69, 9.17) is 27.9 Å². The van der Waals surface area contributed by atoms with Gasteiger partial charge in [-0.2, -0.15) is 4.99 Å². The second-order valence-electron chi connectivity index (χ2n) is 8.32. The average molecular weight is 567 g/mol. The number of halogens is 2.